The molecule has 24 heavy (non-hydrogen) atoms. The molecule has 2 rings (SSSR count). The van der Waals surface area contributed by atoms with Crippen molar-refractivity contribution < 1.29 is 26.4 Å². The minimum atomic E-state index is -3.34. The molecule has 0 fully saturated rings. The van der Waals surface area contributed by atoms with Gasteiger partial charge in [0.05, 0.1) is 0 Å². The molecule has 0 heterocycles. The van der Waals surface area contributed by atoms with Gasteiger partial charge in [-0.2, -0.15) is 0 Å². The maximum atomic E-state index is 13.9. The van der Waals surface area contributed by atoms with Crippen LogP contribution in [-0.4, -0.2) is 14.9 Å². The summed E-state index contributed by atoms with van der Waals surface area (Å²) in [4.78, 5) is 0. The van der Waals surface area contributed by atoms with Crippen LogP contribution in [0.2, 0.25) is 18.1 Å². The summed E-state index contributed by atoms with van der Waals surface area (Å²) < 4.78 is 73.2. The average Bonchev–Trinajstić information content (AvgIpc) is 2.53. The summed E-state index contributed by atoms with van der Waals surface area (Å²) in [5, 5.41) is -0.286. The largest absolute Gasteiger partial charge is 0.412 e. The van der Waals surface area contributed by atoms with Gasteiger partial charge in [-0.15, -0.1) is 0 Å². The lowest BCUT2D eigenvalue weighted by Crippen LogP contribution is -2.50. The molecule has 0 aromatic heterocycles. The third-order valence-electron chi connectivity index (χ3n) is 3.58. The highest BCUT2D eigenvalue weighted by molar-refractivity contribution is 6.84. The summed E-state index contributed by atoms with van der Waals surface area (Å²) in [6.07, 6.45) is 0.420. The maximum absolute atomic E-state index is 13.9. The number of benzene rings is 2. The predicted octanol–water partition coefficient (Wildman–Crippen LogP) is 4.71. The lowest BCUT2D eigenvalue weighted by molar-refractivity contribution is 0.315. The normalized spacial score (nSPS) is 11.8. The van der Waals surface area contributed by atoms with Gasteiger partial charge in [0.1, 0.15) is 0 Å². The van der Waals surface area contributed by atoms with Crippen LogP contribution < -0.4 is 5.19 Å². The Morgan fingerprint density at radius 1 is 0.833 bits per heavy atom. The minimum absolute atomic E-state index is 0.0837. The second kappa shape index (κ2) is 7.21. The molecule has 1 nitrogen and oxygen atoms in total. The number of hydrogen-bond acceptors (Lipinski definition) is 1. The van der Waals surface area contributed by atoms with Crippen molar-refractivity contribution in [2.45, 2.75) is 19.5 Å². The average molecular weight is 381 g/mol. The molecule has 0 radical (unpaired) electrons. The van der Waals surface area contributed by atoms with Crippen molar-refractivity contribution in [2.24, 2.45) is 0 Å². The highest BCUT2D eigenvalue weighted by Crippen LogP contribution is 2.20. The van der Waals surface area contributed by atoms with Gasteiger partial charge in [-0.3, -0.25) is 0 Å². The van der Waals surface area contributed by atoms with Crippen molar-refractivity contribution in [3.05, 3.63) is 63.9 Å². The predicted molar refractivity (Wildman–Crippen MR) is 84.5 cm³/mol. The summed E-state index contributed by atoms with van der Waals surface area (Å²) in [6.45, 7) is 2.85. The van der Waals surface area contributed by atoms with Crippen molar-refractivity contribution in [2.75, 3.05) is 6.61 Å². The van der Waals surface area contributed by atoms with Gasteiger partial charge >= 0.3 is 0 Å². The van der Waals surface area contributed by atoms with Gasteiger partial charge in [0, 0.05) is 16.8 Å². The third-order valence-corrected chi connectivity index (χ3v) is 6.40. The van der Waals surface area contributed by atoms with Gasteiger partial charge in [-0.1, -0.05) is 23.7 Å². The van der Waals surface area contributed by atoms with Crippen LogP contribution in [0.5, 0.6) is 0 Å². The quantitative estimate of drug-likeness (QED) is 0.316. The zero-order chi connectivity index (χ0) is 18.1. The van der Waals surface area contributed by atoms with E-state index in [1.807, 2.05) is 0 Å². The molecule has 8 heteroatoms. The van der Waals surface area contributed by atoms with E-state index in [0.717, 1.165) is 5.56 Å². The Kier molecular flexibility index (Phi) is 5.67. The van der Waals surface area contributed by atoms with Crippen molar-refractivity contribution >= 4 is 25.1 Å². The topological polar surface area (TPSA) is 9.23 Å². The Morgan fingerprint density at radius 3 is 1.79 bits per heavy atom. The van der Waals surface area contributed by atoms with E-state index in [-0.39, 0.29) is 6.61 Å². The summed E-state index contributed by atoms with van der Waals surface area (Å²) >= 11 is 5.77. The highest BCUT2D eigenvalue weighted by atomic mass is 35.5. The van der Waals surface area contributed by atoms with Crippen LogP contribution in [0.15, 0.2) is 24.3 Å². The summed E-state index contributed by atoms with van der Waals surface area (Å²) in [7, 11) is -3.34. The van der Waals surface area contributed by atoms with Gasteiger partial charge in [-0.05, 0) is 37.2 Å². The molecule has 0 saturated heterocycles. The molecule has 0 amide bonds. The first-order valence-electron chi connectivity index (χ1n) is 7.05. The first-order chi connectivity index (χ1) is 11.1. The molecule has 0 N–H and O–H groups in total. The van der Waals surface area contributed by atoms with Gasteiger partial charge in [0.25, 0.3) is 0 Å². The Bertz CT molecular complexity index is 720. The summed E-state index contributed by atoms with van der Waals surface area (Å²) in [5.74, 6) is -9.72. The molecule has 0 aliphatic rings. The van der Waals surface area contributed by atoms with Crippen LogP contribution in [0.1, 0.15) is 5.56 Å². The SMILES string of the molecule is C[Si](C)(OCCc1ccc(Cl)cc1)c1c(F)c(F)c(F)c(F)c1F. The lowest BCUT2D eigenvalue weighted by atomic mass is 10.2. The van der Waals surface area contributed by atoms with E-state index in [9.17, 15) is 22.0 Å². The molecule has 2 aromatic carbocycles. The number of hydrogen-bond donors (Lipinski definition) is 0. The molecule has 130 valence electrons. The fourth-order valence-corrected chi connectivity index (χ4v) is 4.44. The highest BCUT2D eigenvalue weighted by Gasteiger charge is 2.37. The second-order valence-corrected chi connectivity index (χ2v) is 9.93. The molecule has 2 aromatic rings. The fourth-order valence-electron chi connectivity index (χ4n) is 2.28. The van der Waals surface area contributed by atoms with E-state index in [1.165, 1.54) is 13.1 Å². The fraction of sp³-hybridized carbons (Fsp3) is 0.250. The van der Waals surface area contributed by atoms with Gasteiger partial charge in [-0.25, -0.2) is 22.0 Å². The van der Waals surface area contributed by atoms with Crippen LogP contribution in [0.4, 0.5) is 22.0 Å². The van der Waals surface area contributed by atoms with Crippen LogP contribution >= 0.6 is 11.6 Å². The van der Waals surface area contributed by atoms with Crippen LogP contribution in [0.25, 0.3) is 0 Å². The number of halogens is 6. The van der Waals surface area contributed by atoms with Gasteiger partial charge in [0.2, 0.25) is 14.1 Å². The molecule has 0 unspecified atom stereocenters. The molecule has 0 atom stereocenters. The van der Waals surface area contributed by atoms with E-state index >= 15 is 0 Å². The van der Waals surface area contributed by atoms with E-state index in [2.05, 4.69) is 0 Å². The molecule has 0 aliphatic heterocycles. The van der Waals surface area contributed by atoms with E-state index in [0.29, 0.717) is 11.4 Å². The summed E-state index contributed by atoms with van der Waals surface area (Å²) in [6, 6.07) is 6.89. The van der Waals surface area contributed by atoms with Crippen LogP contribution in [0, 0.1) is 29.1 Å². The first-order valence-corrected chi connectivity index (χ1v) is 10.3. The van der Waals surface area contributed by atoms with E-state index in [4.69, 9.17) is 16.0 Å². The number of rotatable bonds is 5. The molecular weight excluding hydrogens is 367 g/mol. The van der Waals surface area contributed by atoms with Crippen molar-refractivity contribution in [1.29, 1.82) is 0 Å². The Labute approximate surface area is 142 Å². The Morgan fingerprint density at radius 2 is 1.29 bits per heavy atom. The van der Waals surface area contributed by atoms with E-state index < -0.39 is 42.6 Å². The van der Waals surface area contributed by atoms with Gasteiger partial charge < -0.3 is 4.43 Å². The maximum Gasteiger partial charge on any atom is 0.224 e. The van der Waals surface area contributed by atoms with Crippen molar-refractivity contribution in [3.63, 3.8) is 0 Å². The molecule has 0 bridgehead atoms. The van der Waals surface area contributed by atoms with Crippen molar-refractivity contribution in [1.82, 2.24) is 0 Å². The molecular formula is C16H14ClF5OSi. The molecule has 0 spiro atoms. The monoisotopic (exact) mass is 380 g/mol. The lowest BCUT2D eigenvalue weighted by Gasteiger charge is -2.25. The second-order valence-electron chi connectivity index (χ2n) is 5.68. The standard InChI is InChI=1S/C16H14ClF5OSi/c1-24(2,23-8-7-9-3-5-10(17)6-4-9)16-14(21)12(19)11(18)13(20)15(16)22/h3-6H,7-8H2,1-2H3. The summed E-state index contributed by atoms with van der Waals surface area (Å²) in [5.41, 5.74) is 0.876. The Hall–Kier alpha value is -1.44. The zero-order valence-electron chi connectivity index (χ0n) is 12.9. The van der Waals surface area contributed by atoms with E-state index in [1.54, 1.807) is 24.3 Å². The Balaban J connectivity index is 2.20. The zero-order valence-corrected chi connectivity index (χ0v) is 14.7. The van der Waals surface area contributed by atoms with Gasteiger partial charge in [0.15, 0.2) is 23.3 Å². The van der Waals surface area contributed by atoms with Crippen molar-refractivity contribution in [3.8, 4) is 0 Å². The minimum Gasteiger partial charge on any atom is -0.412 e. The third kappa shape index (κ3) is 3.79. The first kappa shape index (κ1) is 18.9. The molecule has 0 aliphatic carbocycles. The van der Waals surface area contributed by atoms with Crippen LogP contribution in [0.3, 0.4) is 0 Å². The molecule has 0 saturated carbocycles. The van der Waals surface area contributed by atoms with Crippen LogP contribution in [-0.2, 0) is 10.8 Å². The smallest absolute Gasteiger partial charge is 0.224 e.